The summed E-state index contributed by atoms with van der Waals surface area (Å²) in [5, 5.41) is 8.75. The van der Waals surface area contributed by atoms with Gasteiger partial charge in [0, 0.05) is 24.2 Å². The molecule has 8 nitrogen and oxygen atoms in total. The first-order valence-corrected chi connectivity index (χ1v) is 12.2. The molecule has 10 heteroatoms. The zero-order valence-electron chi connectivity index (χ0n) is 20.3. The minimum absolute atomic E-state index is 0.138. The number of benzene rings is 3. The molecule has 0 aliphatic carbocycles. The molecule has 0 saturated carbocycles. The zero-order valence-corrected chi connectivity index (χ0v) is 20.3. The number of rotatable bonds is 7. The molecule has 38 heavy (non-hydrogen) atoms. The van der Waals surface area contributed by atoms with E-state index in [0.717, 1.165) is 48.3 Å². The molecule has 194 valence electrons. The second kappa shape index (κ2) is 10.8. The molecule has 0 bridgehead atoms. The first kappa shape index (κ1) is 25.1. The maximum atomic E-state index is 13.9. The highest BCUT2D eigenvalue weighted by atomic mass is 19.2. The van der Waals surface area contributed by atoms with Crippen LogP contribution >= 0.6 is 0 Å². The van der Waals surface area contributed by atoms with Gasteiger partial charge < -0.3 is 16.0 Å². The number of nitrogens with zero attached hydrogens (tertiary/aromatic N) is 2. The van der Waals surface area contributed by atoms with Crippen LogP contribution in [0.3, 0.4) is 0 Å². The molecule has 0 fully saturated rings. The van der Waals surface area contributed by atoms with Gasteiger partial charge >= 0.3 is 0 Å². The molecule has 2 aliphatic heterocycles. The summed E-state index contributed by atoms with van der Waals surface area (Å²) in [4.78, 5) is 44.7. The minimum atomic E-state index is -1.18. The molecule has 2 heterocycles. The van der Waals surface area contributed by atoms with Crippen LogP contribution in [0.15, 0.2) is 71.7 Å². The van der Waals surface area contributed by atoms with Crippen LogP contribution in [0, 0.1) is 11.6 Å². The van der Waals surface area contributed by atoms with Crippen molar-refractivity contribution in [3.05, 3.63) is 95.1 Å². The van der Waals surface area contributed by atoms with Crippen molar-refractivity contribution >= 4 is 34.9 Å². The number of hydrogen-bond donors (Lipinski definition) is 3. The molecule has 3 amide bonds. The molecule has 3 aromatic rings. The predicted molar refractivity (Wildman–Crippen MR) is 139 cm³/mol. The van der Waals surface area contributed by atoms with E-state index in [1.165, 1.54) is 4.90 Å². The maximum absolute atomic E-state index is 13.9. The largest absolute Gasteiger partial charge is 0.368 e. The number of carbonyl (C=O) groups is 3. The standard InChI is InChI=1S/C28H25F2N5O3/c29-20-10-9-19(15-21(20)30)28(38)35-23-4-2-1-3-22(23)34-27(37)24(35)16-25(36)31-12-11-17-5-7-18(8-6-17)26-32-13-14-33-26/h1-10,15,24H,11-14,16H2,(H,31,36)(H,32,33)(H,34,37)/t24-/m1/s1. The van der Waals surface area contributed by atoms with Crippen molar-refractivity contribution in [2.75, 3.05) is 29.9 Å². The van der Waals surface area contributed by atoms with E-state index in [4.69, 9.17) is 0 Å². The lowest BCUT2D eigenvalue weighted by atomic mass is 10.0. The smallest absolute Gasteiger partial charge is 0.259 e. The third-order valence-corrected chi connectivity index (χ3v) is 6.44. The highest BCUT2D eigenvalue weighted by Crippen LogP contribution is 2.34. The predicted octanol–water partition coefficient (Wildman–Crippen LogP) is 3.03. The molecule has 3 aromatic carbocycles. The Balaban J connectivity index is 1.27. The fourth-order valence-electron chi connectivity index (χ4n) is 4.51. The van der Waals surface area contributed by atoms with E-state index in [-0.39, 0.29) is 12.0 Å². The van der Waals surface area contributed by atoms with E-state index in [2.05, 4.69) is 20.9 Å². The highest BCUT2D eigenvalue weighted by Gasteiger charge is 2.38. The van der Waals surface area contributed by atoms with E-state index in [9.17, 15) is 23.2 Å². The maximum Gasteiger partial charge on any atom is 0.259 e. The van der Waals surface area contributed by atoms with Gasteiger partial charge in [0.05, 0.1) is 24.3 Å². The topological polar surface area (TPSA) is 103 Å². The van der Waals surface area contributed by atoms with Gasteiger partial charge in [-0.3, -0.25) is 24.3 Å². The number of hydrogen-bond acceptors (Lipinski definition) is 5. The summed E-state index contributed by atoms with van der Waals surface area (Å²) in [5.74, 6) is -3.08. The third kappa shape index (κ3) is 5.24. The van der Waals surface area contributed by atoms with E-state index in [1.54, 1.807) is 24.3 Å². The first-order chi connectivity index (χ1) is 18.4. The summed E-state index contributed by atoms with van der Waals surface area (Å²) in [7, 11) is 0. The number of halogens is 2. The van der Waals surface area contributed by atoms with Crippen molar-refractivity contribution in [1.29, 1.82) is 0 Å². The normalized spacial score (nSPS) is 16.3. The number of amidine groups is 1. The quantitative estimate of drug-likeness (QED) is 0.448. The van der Waals surface area contributed by atoms with Gasteiger partial charge in [-0.1, -0.05) is 36.4 Å². The molecule has 0 spiro atoms. The van der Waals surface area contributed by atoms with Crippen LogP contribution in [0.4, 0.5) is 20.2 Å². The van der Waals surface area contributed by atoms with Crippen molar-refractivity contribution in [2.45, 2.75) is 18.9 Å². The molecule has 0 saturated heterocycles. The first-order valence-electron chi connectivity index (χ1n) is 12.2. The van der Waals surface area contributed by atoms with Crippen molar-refractivity contribution in [1.82, 2.24) is 10.6 Å². The van der Waals surface area contributed by atoms with Gasteiger partial charge in [-0.05, 0) is 42.3 Å². The molecule has 0 radical (unpaired) electrons. The van der Waals surface area contributed by atoms with E-state index in [1.807, 2.05) is 24.3 Å². The Morgan fingerprint density at radius 2 is 1.82 bits per heavy atom. The summed E-state index contributed by atoms with van der Waals surface area (Å²) in [6.45, 7) is 1.93. The minimum Gasteiger partial charge on any atom is -0.368 e. The number of para-hydroxylation sites is 2. The van der Waals surface area contributed by atoms with Gasteiger partial charge in [0.1, 0.15) is 11.9 Å². The summed E-state index contributed by atoms with van der Waals surface area (Å²) >= 11 is 0. The molecule has 0 unspecified atom stereocenters. The number of amides is 3. The van der Waals surface area contributed by atoms with Crippen LogP contribution < -0.4 is 20.9 Å². The Morgan fingerprint density at radius 3 is 2.55 bits per heavy atom. The number of aliphatic imine (C=N–C) groups is 1. The average Bonchev–Trinajstić information content (AvgIpc) is 3.46. The number of anilines is 2. The summed E-state index contributed by atoms with van der Waals surface area (Å²) in [6, 6.07) is 16.1. The summed E-state index contributed by atoms with van der Waals surface area (Å²) < 4.78 is 27.3. The molecule has 1 atom stereocenters. The number of fused-ring (bicyclic) bond motifs is 1. The van der Waals surface area contributed by atoms with Crippen LogP contribution in [0.2, 0.25) is 0 Å². The van der Waals surface area contributed by atoms with Crippen molar-refractivity contribution in [2.24, 2.45) is 4.99 Å². The van der Waals surface area contributed by atoms with E-state index < -0.39 is 35.4 Å². The zero-order chi connectivity index (χ0) is 26.6. The Kier molecular flexibility index (Phi) is 7.12. The van der Waals surface area contributed by atoms with Crippen LogP contribution in [0.5, 0.6) is 0 Å². The third-order valence-electron chi connectivity index (χ3n) is 6.44. The molecule has 3 N–H and O–H groups in total. The lowest BCUT2D eigenvalue weighted by Gasteiger charge is -2.36. The molecule has 0 aromatic heterocycles. The van der Waals surface area contributed by atoms with Crippen molar-refractivity contribution in [3.63, 3.8) is 0 Å². The fraction of sp³-hybridized carbons (Fsp3) is 0.214. The Labute approximate surface area is 217 Å². The van der Waals surface area contributed by atoms with Crippen molar-refractivity contribution in [3.8, 4) is 0 Å². The second-order valence-electron chi connectivity index (χ2n) is 8.98. The Hall–Kier alpha value is -4.60. The molecular formula is C28H25F2N5O3. The van der Waals surface area contributed by atoms with E-state index in [0.29, 0.717) is 24.3 Å². The Bertz CT molecular complexity index is 1420. The fourth-order valence-corrected chi connectivity index (χ4v) is 4.51. The molecule has 2 aliphatic rings. The van der Waals surface area contributed by atoms with Crippen LogP contribution in [0.1, 0.15) is 27.9 Å². The van der Waals surface area contributed by atoms with Gasteiger partial charge in [-0.15, -0.1) is 0 Å². The highest BCUT2D eigenvalue weighted by molar-refractivity contribution is 6.17. The number of nitrogens with one attached hydrogen (secondary N) is 3. The summed E-state index contributed by atoms with van der Waals surface area (Å²) in [6.07, 6.45) is 0.267. The van der Waals surface area contributed by atoms with Crippen LogP contribution in [-0.4, -0.2) is 49.2 Å². The number of carbonyl (C=O) groups excluding carboxylic acids is 3. The van der Waals surface area contributed by atoms with Crippen LogP contribution in [-0.2, 0) is 16.0 Å². The van der Waals surface area contributed by atoms with Gasteiger partial charge in [-0.2, -0.15) is 0 Å². The SMILES string of the molecule is O=C(C[C@@H]1C(=O)Nc2ccccc2N1C(=O)c1ccc(F)c(F)c1)NCCc1ccc(C2=NCCN2)cc1. The van der Waals surface area contributed by atoms with Gasteiger partial charge in [0.25, 0.3) is 5.91 Å². The lowest BCUT2D eigenvalue weighted by molar-refractivity contribution is -0.125. The second-order valence-corrected chi connectivity index (χ2v) is 8.98. The van der Waals surface area contributed by atoms with Gasteiger partial charge in [0.2, 0.25) is 11.8 Å². The molecular weight excluding hydrogens is 492 g/mol. The Morgan fingerprint density at radius 1 is 1.03 bits per heavy atom. The van der Waals surface area contributed by atoms with Crippen molar-refractivity contribution < 1.29 is 23.2 Å². The monoisotopic (exact) mass is 517 g/mol. The van der Waals surface area contributed by atoms with Crippen LogP contribution in [0.25, 0.3) is 0 Å². The summed E-state index contributed by atoms with van der Waals surface area (Å²) in [5.41, 5.74) is 2.63. The van der Waals surface area contributed by atoms with Gasteiger partial charge in [-0.25, -0.2) is 8.78 Å². The lowest BCUT2D eigenvalue weighted by Crippen LogP contribution is -2.53. The average molecular weight is 518 g/mol. The van der Waals surface area contributed by atoms with E-state index >= 15 is 0 Å². The molecule has 5 rings (SSSR count). The van der Waals surface area contributed by atoms with Gasteiger partial charge in [0.15, 0.2) is 11.6 Å².